The van der Waals surface area contributed by atoms with Crippen LogP contribution in [0.25, 0.3) is 0 Å². The van der Waals surface area contributed by atoms with Crippen molar-refractivity contribution >= 4 is 35.0 Å². The first-order valence-corrected chi connectivity index (χ1v) is 9.42. The number of nitro groups is 1. The SMILES string of the molecule is CC(C)(C)OC(=O)Nc1cnn(C/C=C/COc2cc(C(N)=O)cc([N+](=O)[O-])c2Cl)c1. The molecule has 31 heavy (non-hydrogen) atoms. The van der Waals surface area contributed by atoms with Crippen LogP contribution in [-0.2, 0) is 11.3 Å². The molecule has 0 aliphatic rings. The predicted octanol–water partition coefficient (Wildman–Crippen LogP) is 3.53. The second kappa shape index (κ2) is 9.94. The number of aromatic nitrogens is 2. The average molecular weight is 452 g/mol. The minimum Gasteiger partial charge on any atom is -0.488 e. The number of halogens is 1. The molecule has 12 heteroatoms. The molecule has 166 valence electrons. The molecule has 0 radical (unpaired) electrons. The van der Waals surface area contributed by atoms with Gasteiger partial charge in [0.2, 0.25) is 5.91 Å². The Labute approximate surface area is 182 Å². The lowest BCUT2D eigenvalue weighted by atomic mass is 10.2. The number of carbonyl (C=O) groups is 2. The molecule has 0 aliphatic carbocycles. The highest BCUT2D eigenvalue weighted by Gasteiger charge is 2.21. The maximum atomic E-state index is 11.7. The molecule has 1 aromatic carbocycles. The van der Waals surface area contributed by atoms with Gasteiger partial charge in [0, 0.05) is 17.8 Å². The summed E-state index contributed by atoms with van der Waals surface area (Å²) >= 11 is 5.97. The van der Waals surface area contributed by atoms with Crippen LogP contribution in [-0.4, -0.2) is 38.9 Å². The first-order chi connectivity index (χ1) is 14.5. The van der Waals surface area contributed by atoms with Crippen LogP contribution in [0.1, 0.15) is 31.1 Å². The molecule has 1 heterocycles. The number of carbonyl (C=O) groups excluding carboxylic acids is 2. The van der Waals surface area contributed by atoms with Crippen molar-refractivity contribution in [2.45, 2.75) is 32.9 Å². The minimum absolute atomic E-state index is 0.0303. The molecule has 0 unspecified atom stereocenters. The first-order valence-electron chi connectivity index (χ1n) is 9.04. The monoisotopic (exact) mass is 451 g/mol. The van der Waals surface area contributed by atoms with Crippen LogP contribution in [0.2, 0.25) is 5.02 Å². The third kappa shape index (κ3) is 7.30. The van der Waals surface area contributed by atoms with E-state index in [4.69, 9.17) is 26.8 Å². The Balaban J connectivity index is 1.92. The van der Waals surface area contributed by atoms with Crippen molar-refractivity contribution in [1.29, 1.82) is 0 Å². The number of primary amides is 1. The van der Waals surface area contributed by atoms with E-state index in [0.717, 1.165) is 6.07 Å². The normalized spacial score (nSPS) is 11.4. The Morgan fingerprint density at radius 1 is 1.35 bits per heavy atom. The lowest BCUT2D eigenvalue weighted by molar-refractivity contribution is -0.384. The third-order valence-electron chi connectivity index (χ3n) is 3.57. The van der Waals surface area contributed by atoms with E-state index in [1.54, 1.807) is 43.8 Å². The molecule has 2 amide bonds. The molecule has 0 saturated heterocycles. The van der Waals surface area contributed by atoms with Crippen LogP contribution in [0.5, 0.6) is 5.75 Å². The summed E-state index contributed by atoms with van der Waals surface area (Å²) in [4.78, 5) is 33.5. The molecule has 3 N–H and O–H groups in total. The summed E-state index contributed by atoms with van der Waals surface area (Å²) in [6.07, 6.45) is 5.88. The number of nitro benzene ring substituents is 1. The summed E-state index contributed by atoms with van der Waals surface area (Å²) in [5, 5.41) is 17.5. The van der Waals surface area contributed by atoms with Gasteiger partial charge >= 0.3 is 6.09 Å². The van der Waals surface area contributed by atoms with E-state index in [-0.39, 0.29) is 22.9 Å². The van der Waals surface area contributed by atoms with Crippen molar-refractivity contribution in [2.24, 2.45) is 5.73 Å². The molecule has 0 saturated carbocycles. The van der Waals surface area contributed by atoms with Gasteiger partial charge in [-0.15, -0.1) is 0 Å². The summed E-state index contributed by atoms with van der Waals surface area (Å²) in [6.45, 7) is 5.69. The number of benzene rings is 1. The molecule has 2 aromatic rings. The zero-order valence-electron chi connectivity index (χ0n) is 17.1. The van der Waals surface area contributed by atoms with Crippen LogP contribution in [0.4, 0.5) is 16.2 Å². The van der Waals surface area contributed by atoms with E-state index in [1.807, 2.05) is 0 Å². The van der Waals surface area contributed by atoms with Crippen molar-refractivity contribution in [3.05, 3.63) is 57.4 Å². The van der Waals surface area contributed by atoms with Gasteiger partial charge in [-0.2, -0.15) is 5.10 Å². The number of hydrogen-bond acceptors (Lipinski definition) is 7. The summed E-state index contributed by atoms with van der Waals surface area (Å²) in [7, 11) is 0. The van der Waals surface area contributed by atoms with Gasteiger partial charge < -0.3 is 15.2 Å². The summed E-state index contributed by atoms with van der Waals surface area (Å²) in [5.74, 6) is -0.869. The van der Waals surface area contributed by atoms with Crippen molar-refractivity contribution in [1.82, 2.24) is 9.78 Å². The van der Waals surface area contributed by atoms with Gasteiger partial charge in [0.25, 0.3) is 5.69 Å². The summed E-state index contributed by atoms with van der Waals surface area (Å²) < 4.78 is 12.2. The van der Waals surface area contributed by atoms with Gasteiger partial charge in [0.1, 0.15) is 18.0 Å². The number of nitrogens with zero attached hydrogens (tertiary/aromatic N) is 3. The van der Waals surface area contributed by atoms with E-state index in [2.05, 4.69) is 10.4 Å². The van der Waals surface area contributed by atoms with Gasteiger partial charge in [-0.05, 0) is 32.9 Å². The first kappa shape index (κ1) is 23.7. The van der Waals surface area contributed by atoms with Crippen LogP contribution >= 0.6 is 11.6 Å². The molecular formula is C19H22ClN5O6. The maximum Gasteiger partial charge on any atom is 0.412 e. The smallest absolute Gasteiger partial charge is 0.412 e. The zero-order valence-corrected chi connectivity index (χ0v) is 17.9. The third-order valence-corrected chi connectivity index (χ3v) is 3.95. The highest BCUT2D eigenvalue weighted by atomic mass is 35.5. The maximum absolute atomic E-state index is 11.7. The van der Waals surface area contributed by atoms with Crippen molar-refractivity contribution in [3.63, 3.8) is 0 Å². The quantitative estimate of drug-likeness (QED) is 0.353. The number of rotatable bonds is 8. The molecule has 0 aliphatic heterocycles. The Bertz CT molecular complexity index is 1010. The van der Waals surface area contributed by atoms with Crippen molar-refractivity contribution in [3.8, 4) is 5.75 Å². The fourth-order valence-corrected chi connectivity index (χ4v) is 2.53. The van der Waals surface area contributed by atoms with Crippen molar-refractivity contribution < 1.29 is 24.0 Å². The Morgan fingerprint density at radius 2 is 2.06 bits per heavy atom. The van der Waals surface area contributed by atoms with Crippen LogP contribution in [0, 0.1) is 10.1 Å². The number of anilines is 1. The van der Waals surface area contributed by atoms with Gasteiger partial charge in [-0.1, -0.05) is 17.7 Å². The minimum atomic E-state index is -0.838. The van der Waals surface area contributed by atoms with Crippen LogP contribution in [0.15, 0.2) is 36.7 Å². The van der Waals surface area contributed by atoms with Gasteiger partial charge in [0.05, 0.1) is 23.4 Å². The lowest BCUT2D eigenvalue weighted by Gasteiger charge is -2.19. The topological polar surface area (TPSA) is 152 Å². The van der Waals surface area contributed by atoms with E-state index >= 15 is 0 Å². The number of ether oxygens (including phenoxy) is 2. The highest BCUT2D eigenvalue weighted by Crippen LogP contribution is 2.35. The molecule has 0 bridgehead atoms. The van der Waals surface area contributed by atoms with Gasteiger partial charge in [-0.3, -0.25) is 24.9 Å². The molecule has 11 nitrogen and oxygen atoms in total. The fourth-order valence-electron chi connectivity index (χ4n) is 2.30. The van der Waals surface area contributed by atoms with E-state index in [1.165, 1.54) is 12.3 Å². The second-order valence-electron chi connectivity index (χ2n) is 7.29. The van der Waals surface area contributed by atoms with Crippen LogP contribution in [0.3, 0.4) is 0 Å². The van der Waals surface area contributed by atoms with E-state index in [0.29, 0.717) is 12.2 Å². The van der Waals surface area contributed by atoms with Crippen molar-refractivity contribution in [2.75, 3.05) is 11.9 Å². The molecule has 1 aromatic heterocycles. The van der Waals surface area contributed by atoms with E-state index < -0.39 is 28.2 Å². The number of allylic oxidation sites excluding steroid dienone is 1. The summed E-state index contributed by atoms with van der Waals surface area (Å²) in [5.41, 5.74) is 4.49. The van der Waals surface area contributed by atoms with Gasteiger partial charge in [0.15, 0.2) is 5.02 Å². The Morgan fingerprint density at radius 3 is 2.68 bits per heavy atom. The fraction of sp³-hybridized carbons (Fsp3) is 0.316. The molecule has 0 fully saturated rings. The zero-order chi connectivity index (χ0) is 23.2. The standard InChI is InChI=1S/C19H22ClN5O6/c1-19(2,3)31-18(27)23-13-10-22-24(11-13)6-4-5-7-30-15-9-12(17(21)26)8-14(16(15)20)25(28)29/h4-5,8-11H,6-7H2,1-3H3,(H2,21,26)(H,23,27)/b5-4+. The van der Waals surface area contributed by atoms with Gasteiger partial charge in [-0.25, -0.2) is 4.79 Å². The molecular weight excluding hydrogens is 430 g/mol. The Kier molecular flexibility index (Phi) is 7.59. The Hall–Kier alpha value is -3.60. The largest absolute Gasteiger partial charge is 0.488 e. The number of nitrogens with one attached hydrogen (secondary N) is 1. The number of amides is 2. The average Bonchev–Trinajstić information content (AvgIpc) is 3.07. The number of nitrogens with two attached hydrogens (primary N) is 1. The molecule has 0 atom stereocenters. The molecule has 2 rings (SSSR count). The number of hydrogen-bond donors (Lipinski definition) is 2. The lowest BCUT2D eigenvalue weighted by Crippen LogP contribution is -2.27. The van der Waals surface area contributed by atoms with E-state index in [9.17, 15) is 19.7 Å². The van der Waals surface area contributed by atoms with Crippen LogP contribution < -0.4 is 15.8 Å². The summed E-state index contributed by atoms with van der Waals surface area (Å²) in [6, 6.07) is 2.24. The second-order valence-corrected chi connectivity index (χ2v) is 7.67. The predicted molar refractivity (Wildman–Crippen MR) is 113 cm³/mol. The highest BCUT2D eigenvalue weighted by molar-refractivity contribution is 6.34. The molecule has 0 spiro atoms.